The number of aliphatic carboxylic acids is 1. The number of piperidine rings is 1. The third kappa shape index (κ3) is 7.50. The van der Waals surface area contributed by atoms with Gasteiger partial charge in [0.2, 0.25) is 5.91 Å². The van der Waals surface area contributed by atoms with Gasteiger partial charge in [-0.2, -0.15) is 0 Å². The first-order valence-electron chi connectivity index (χ1n) is 7.23. The molecule has 8 nitrogen and oxygen atoms in total. The minimum Gasteiger partial charge on any atom is -0.480 e. The molecule has 3 amide bonds. The van der Waals surface area contributed by atoms with Crippen LogP contribution in [0.2, 0.25) is 0 Å². The molecule has 1 atom stereocenters. The topological polar surface area (TPSA) is 111 Å². The Morgan fingerprint density at radius 2 is 1.71 bits per heavy atom. The number of carboxylic acid groups (broad SMARTS) is 1. The van der Waals surface area contributed by atoms with Crippen molar-refractivity contribution in [2.24, 2.45) is 0 Å². The number of carbonyl (C=O) groups is 3. The van der Waals surface area contributed by atoms with E-state index in [1.54, 1.807) is 0 Å². The molecular formula is C13H24N4O4. The fourth-order valence-electron chi connectivity index (χ4n) is 2.19. The number of carboxylic acids is 1. The number of likely N-dealkylation sites (tertiary alicyclic amines) is 1. The first kappa shape index (κ1) is 17.2. The lowest BCUT2D eigenvalue weighted by atomic mass is 10.1. The molecule has 4 N–H and O–H groups in total. The molecule has 0 aromatic heterocycles. The SMILES string of the molecule is CC(CNC(=O)NCC(=O)NCC(=O)O)N1CCCCC1. The molecule has 1 unspecified atom stereocenters. The molecule has 21 heavy (non-hydrogen) atoms. The first-order chi connectivity index (χ1) is 9.99. The van der Waals surface area contributed by atoms with Crippen LogP contribution in [0.15, 0.2) is 0 Å². The van der Waals surface area contributed by atoms with E-state index in [0.29, 0.717) is 6.54 Å². The van der Waals surface area contributed by atoms with Gasteiger partial charge in [-0.1, -0.05) is 6.42 Å². The number of nitrogens with one attached hydrogen (secondary N) is 3. The van der Waals surface area contributed by atoms with E-state index in [1.165, 1.54) is 19.3 Å². The smallest absolute Gasteiger partial charge is 0.322 e. The van der Waals surface area contributed by atoms with Crippen molar-refractivity contribution in [3.8, 4) is 0 Å². The Labute approximate surface area is 124 Å². The molecule has 1 aliphatic rings. The van der Waals surface area contributed by atoms with Gasteiger partial charge in [0.05, 0.1) is 6.54 Å². The van der Waals surface area contributed by atoms with Gasteiger partial charge in [0.1, 0.15) is 6.54 Å². The zero-order valence-electron chi connectivity index (χ0n) is 12.4. The zero-order chi connectivity index (χ0) is 15.7. The monoisotopic (exact) mass is 300 g/mol. The first-order valence-corrected chi connectivity index (χ1v) is 7.23. The molecule has 1 fully saturated rings. The maximum Gasteiger partial charge on any atom is 0.322 e. The van der Waals surface area contributed by atoms with Crippen molar-refractivity contribution in [1.82, 2.24) is 20.9 Å². The summed E-state index contributed by atoms with van der Waals surface area (Å²) < 4.78 is 0. The molecule has 8 heteroatoms. The highest BCUT2D eigenvalue weighted by molar-refractivity contribution is 5.86. The van der Waals surface area contributed by atoms with Gasteiger partial charge in [0.25, 0.3) is 0 Å². The molecular weight excluding hydrogens is 276 g/mol. The second-order valence-electron chi connectivity index (χ2n) is 5.18. The fraction of sp³-hybridized carbons (Fsp3) is 0.769. The molecule has 1 saturated heterocycles. The lowest BCUT2D eigenvalue weighted by molar-refractivity contribution is -0.137. The number of urea groups is 1. The maximum absolute atomic E-state index is 11.5. The van der Waals surface area contributed by atoms with E-state index in [0.717, 1.165) is 13.1 Å². The Morgan fingerprint density at radius 3 is 2.33 bits per heavy atom. The van der Waals surface area contributed by atoms with Crippen LogP contribution in [0.4, 0.5) is 4.79 Å². The number of hydrogen-bond acceptors (Lipinski definition) is 4. The van der Waals surface area contributed by atoms with E-state index in [9.17, 15) is 14.4 Å². The van der Waals surface area contributed by atoms with Gasteiger partial charge in [-0.3, -0.25) is 14.5 Å². The van der Waals surface area contributed by atoms with Crippen molar-refractivity contribution in [3.05, 3.63) is 0 Å². The highest BCUT2D eigenvalue weighted by Gasteiger charge is 2.17. The van der Waals surface area contributed by atoms with Crippen molar-refractivity contribution in [2.75, 3.05) is 32.7 Å². The standard InChI is InChI=1S/C13H24N4O4/c1-10(17-5-3-2-4-6-17)7-15-13(21)16-8-11(18)14-9-12(19)20/h10H,2-9H2,1H3,(H,14,18)(H,19,20)(H2,15,16,21). The average Bonchev–Trinajstić information content (AvgIpc) is 2.49. The van der Waals surface area contributed by atoms with Crippen molar-refractivity contribution in [2.45, 2.75) is 32.2 Å². The van der Waals surface area contributed by atoms with Gasteiger partial charge in [-0.25, -0.2) is 4.79 Å². The van der Waals surface area contributed by atoms with Crippen LogP contribution in [-0.4, -0.2) is 66.7 Å². The molecule has 0 aliphatic carbocycles. The normalized spacial score (nSPS) is 16.8. The molecule has 1 rings (SSSR count). The Morgan fingerprint density at radius 1 is 1.05 bits per heavy atom. The summed E-state index contributed by atoms with van der Waals surface area (Å²) in [6.45, 7) is 4.00. The van der Waals surface area contributed by atoms with Crippen molar-refractivity contribution in [1.29, 1.82) is 0 Å². The molecule has 1 aliphatic heterocycles. The highest BCUT2D eigenvalue weighted by atomic mass is 16.4. The molecule has 0 radical (unpaired) electrons. The minimum absolute atomic E-state index is 0.239. The van der Waals surface area contributed by atoms with E-state index in [4.69, 9.17) is 5.11 Å². The molecule has 1 heterocycles. The predicted octanol–water partition coefficient (Wildman–Crippen LogP) is -0.639. The summed E-state index contributed by atoms with van der Waals surface area (Å²) in [5, 5.41) is 15.7. The average molecular weight is 300 g/mol. The van der Waals surface area contributed by atoms with Crippen LogP contribution in [-0.2, 0) is 9.59 Å². The quantitative estimate of drug-likeness (QED) is 0.500. The van der Waals surface area contributed by atoms with Gasteiger partial charge in [-0.15, -0.1) is 0 Å². The van der Waals surface area contributed by atoms with Crippen LogP contribution in [0.3, 0.4) is 0 Å². The Balaban J connectivity index is 2.12. The number of rotatable bonds is 7. The van der Waals surface area contributed by atoms with Crippen LogP contribution in [0, 0.1) is 0 Å². The minimum atomic E-state index is -1.12. The molecule has 0 saturated carbocycles. The van der Waals surface area contributed by atoms with Crippen LogP contribution >= 0.6 is 0 Å². The summed E-state index contributed by atoms with van der Waals surface area (Å²) in [7, 11) is 0. The van der Waals surface area contributed by atoms with E-state index in [2.05, 4.69) is 27.8 Å². The van der Waals surface area contributed by atoms with Crippen LogP contribution in [0.25, 0.3) is 0 Å². The zero-order valence-corrected chi connectivity index (χ0v) is 12.4. The third-order valence-electron chi connectivity index (χ3n) is 3.42. The maximum atomic E-state index is 11.5. The highest BCUT2D eigenvalue weighted by Crippen LogP contribution is 2.11. The predicted molar refractivity (Wildman–Crippen MR) is 76.9 cm³/mol. The molecule has 0 aromatic carbocycles. The summed E-state index contributed by atoms with van der Waals surface area (Å²) in [6.07, 6.45) is 3.66. The summed E-state index contributed by atoms with van der Waals surface area (Å²) in [6, 6.07) is -0.166. The second-order valence-corrected chi connectivity index (χ2v) is 5.18. The molecule has 0 aromatic rings. The second kappa shape index (κ2) is 9.17. The van der Waals surface area contributed by atoms with E-state index in [1.807, 2.05) is 0 Å². The fourth-order valence-corrected chi connectivity index (χ4v) is 2.19. The van der Waals surface area contributed by atoms with Gasteiger partial charge >= 0.3 is 12.0 Å². The summed E-state index contributed by atoms with van der Waals surface area (Å²) in [5.74, 6) is -1.65. The summed E-state index contributed by atoms with van der Waals surface area (Å²) >= 11 is 0. The molecule has 120 valence electrons. The van der Waals surface area contributed by atoms with E-state index >= 15 is 0 Å². The van der Waals surface area contributed by atoms with E-state index in [-0.39, 0.29) is 12.6 Å². The van der Waals surface area contributed by atoms with Gasteiger partial charge < -0.3 is 21.1 Å². The number of nitrogens with zero attached hydrogens (tertiary/aromatic N) is 1. The molecule has 0 spiro atoms. The van der Waals surface area contributed by atoms with Crippen molar-refractivity contribution < 1.29 is 19.5 Å². The summed E-state index contributed by atoms with van der Waals surface area (Å²) in [4.78, 5) is 35.3. The third-order valence-corrected chi connectivity index (χ3v) is 3.42. The Bertz CT molecular complexity index is 369. The van der Waals surface area contributed by atoms with Crippen LogP contribution in [0.5, 0.6) is 0 Å². The number of amides is 3. The largest absolute Gasteiger partial charge is 0.480 e. The molecule has 0 bridgehead atoms. The van der Waals surface area contributed by atoms with Crippen LogP contribution in [0.1, 0.15) is 26.2 Å². The van der Waals surface area contributed by atoms with Crippen molar-refractivity contribution in [3.63, 3.8) is 0 Å². The Hall–Kier alpha value is -1.83. The lowest BCUT2D eigenvalue weighted by Gasteiger charge is -2.32. The van der Waals surface area contributed by atoms with Gasteiger partial charge in [0, 0.05) is 12.6 Å². The van der Waals surface area contributed by atoms with Gasteiger partial charge in [0.15, 0.2) is 0 Å². The van der Waals surface area contributed by atoms with Crippen molar-refractivity contribution >= 4 is 17.9 Å². The summed E-state index contributed by atoms with van der Waals surface area (Å²) in [5.41, 5.74) is 0. The van der Waals surface area contributed by atoms with Gasteiger partial charge in [-0.05, 0) is 32.9 Å². The number of hydrogen-bond donors (Lipinski definition) is 4. The Kier molecular flexibility index (Phi) is 7.52. The lowest BCUT2D eigenvalue weighted by Crippen LogP contribution is -2.48. The van der Waals surface area contributed by atoms with E-state index < -0.39 is 24.5 Å². The van der Waals surface area contributed by atoms with Crippen LogP contribution < -0.4 is 16.0 Å². The number of carbonyl (C=O) groups excluding carboxylic acids is 2.